The molecule has 0 saturated carbocycles. The minimum atomic E-state index is -3.74. The van der Waals surface area contributed by atoms with Gasteiger partial charge < -0.3 is 5.32 Å². The van der Waals surface area contributed by atoms with Crippen LogP contribution in [0.4, 0.5) is 5.69 Å². The summed E-state index contributed by atoms with van der Waals surface area (Å²) in [6.07, 6.45) is 0. The van der Waals surface area contributed by atoms with Crippen LogP contribution in [-0.4, -0.2) is 20.9 Å². The molecule has 5 nitrogen and oxygen atoms in total. The van der Waals surface area contributed by atoms with E-state index in [1.807, 2.05) is 6.92 Å². The SMILES string of the molecule is Cc1ccc(NC(=O)CNS(=O)(=O)c2ccc(Br)cc2)cc1Cl. The maximum atomic E-state index is 12.1. The van der Waals surface area contributed by atoms with Gasteiger partial charge in [-0.3, -0.25) is 4.79 Å². The van der Waals surface area contributed by atoms with Gasteiger partial charge in [0.25, 0.3) is 0 Å². The lowest BCUT2D eigenvalue weighted by atomic mass is 10.2. The van der Waals surface area contributed by atoms with E-state index in [-0.39, 0.29) is 11.4 Å². The molecule has 0 saturated heterocycles. The highest BCUT2D eigenvalue weighted by molar-refractivity contribution is 9.10. The zero-order chi connectivity index (χ0) is 17.0. The maximum absolute atomic E-state index is 12.1. The van der Waals surface area contributed by atoms with Crippen LogP contribution in [0.2, 0.25) is 5.02 Å². The molecule has 0 spiro atoms. The van der Waals surface area contributed by atoms with Crippen LogP contribution in [-0.2, 0) is 14.8 Å². The first-order valence-electron chi connectivity index (χ1n) is 6.59. The molecule has 0 aliphatic carbocycles. The number of halogens is 2. The van der Waals surface area contributed by atoms with E-state index in [4.69, 9.17) is 11.6 Å². The lowest BCUT2D eigenvalue weighted by molar-refractivity contribution is -0.115. The van der Waals surface area contributed by atoms with Crippen LogP contribution in [0, 0.1) is 6.92 Å². The van der Waals surface area contributed by atoms with Crippen molar-refractivity contribution in [2.45, 2.75) is 11.8 Å². The predicted octanol–water partition coefficient (Wildman–Crippen LogP) is 3.33. The average Bonchev–Trinajstić information content (AvgIpc) is 2.50. The molecule has 0 bridgehead atoms. The maximum Gasteiger partial charge on any atom is 0.241 e. The number of hydrogen-bond donors (Lipinski definition) is 2. The summed E-state index contributed by atoms with van der Waals surface area (Å²) in [5, 5.41) is 3.11. The van der Waals surface area contributed by atoms with Gasteiger partial charge in [0.05, 0.1) is 11.4 Å². The molecule has 0 fully saturated rings. The topological polar surface area (TPSA) is 75.3 Å². The van der Waals surface area contributed by atoms with E-state index in [0.717, 1.165) is 10.0 Å². The van der Waals surface area contributed by atoms with Crippen molar-refractivity contribution in [2.24, 2.45) is 0 Å². The fourth-order valence-electron chi connectivity index (χ4n) is 1.73. The summed E-state index contributed by atoms with van der Waals surface area (Å²) >= 11 is 9.21. The van der Waals surface area contributed by atoms with Crippen LogP contribution < -0.4 is 10.0 Å². The zero-order valence-corrected chi connectivity index (χ0v) is 15.3. The number of carbonyl (C=O) groups excluding carboxylic acids is 1. The Bertz CT molecular complexity index is 823. The number of nitrogens with one attached hydrogen (secondary N) is 2. The van der Waals surface area contributed by atoms with Gasteiger partial charge in [-0.25, -0.2) is 13.1 Å². The normalized spacial score (nSPS) is 11.3. The van der Waals surface area contributed by atoms with Crippen molar-refractivity contribution >= 4 is 49.1 Å². The molecule has 2 rings (SSSR count). The minimum Gasteiger partial charge on any atom is -0.325 e. The molecule has 23 heavy (non-hydrogen) atoms. The van der Waals surface area contributed by atoms with Gasteiger partial charge in [-0.1, -0.05) is 33.6 Å². The van der Waals surface area contributed by atoms with Crippen LogP contribution in [0.3, 0.4) is 0 Å². The molecule has 2 N–H and O–H groups in total. The van der Waals surface area contributed by atoms with Crippen LogP contribution >= 0.6 is 27.5 Å². The van der Waals surface area contributed by atoms with Crippen LogP contribution in [0.15, 0.2) is 51.8 Å². The average molecular weight is 418 g/mol. The molecule has 0 aliphatic rings. The fourth-order valence-corrected chi connectivity index (χ4v) is 3.16. The van der Waals surface area contributed by atoms with Gasteiger partial charge in [0.15, 0.2) is 0 Å². The smallest absolute Gasteiger partial charge is 0.241 e. The second-order valence-corrected chi connectivity index (χ2v) is 7.88. The quantitative estimate of drug-likeness (QED) is 0.783. The van der Waals surface area contributed by atoms with E-state index < -0.39 is 15.9 Å². The number of rotatable bonds is 5. The van der Waals surface area contributed by atoms with Crippen LogP contribution in [0.5, 0.6) is 0 Å². The number of benzene rings is 2. The highest BCUT2D eigenvalue weighted by atomic mass is 79.9. The van der Waals surface area contributed by atoms with Crippen molar-refractivity contribution in [1.29, 1.82) is 0 Å². The molecule has 0 unspecified atom stereocenters. The highest BCUT2D eigenvalue weighted by Gasteiger charge is 2.15. The summed E-state index contributed by atoms with van der Waals surface area (Å²) in [4.78, 5) is 11.9. The summed E-state index contributed by atoms with van der Waals surface area (Å²) in [7, 11) is -3.74. The standard InChI is InChI=1S/C15H14BrClN2O3S/c1-10-2-5-12(8-14(10)17)19-15(20)9-18-23(21,22)13-6-3-11(16)4-7-13/h2-8,18H,9H2,1H3,(H,19,20). The van der Waals surface area contributed by atoms with Crippen molar-refractivity contribution in [2.75, 3.05) is 11.9 Å². The number of carbonyl (C=O) groups is 1. The summed E-state index contributed by atoms with van der Waals surface area (Å²) < 4.78 is 27.2. The first-order chi connectivity index (χ1) is 10.8. The Hall–Kier alpha value is -1.41. The van der Waals surface area contributed by atoms with Crippen LogP contribution in [0.25, 0.3) is 0 Å². The Morgan fingerprint density at radius 1 is 1.17 bits per heavy atom. The van der Waals surface area contributed by atoms with Gasteiger partial charge in [0, 0.05) is 15.2 Å². The van der Waals surface area contributed by atoms with Crippen molar-refractivity contribution < 1.29 is 13.2 Å². The number of amides is 1. The largest absolute Gasteiger partial charge is 0.325 e. The zero-order valence-electron chi connectivity index (χ0n) is 12.1. The minimum absolute atomic E-state index is 0.0897. The molecule has 1 amide bonds. The van der Waals surface area contributed by atoms with Crippen molar-refractivity contribution in [3.63, 3.8) is 0 Å². The number of hydrogen-bond acceptors (Lipinski definition) is 3. The summed E-state index contributed by atoms with van der Waals surface area (Å²) in [6.45, 7) is 1.48. The van der Waals surface area contributed by atoms with Crippen LogP contribution in [0.1, 0.15) is 5.56 Å². The van der Waals surface area contributed by atoms with Gasteiger partial charge >= 0.3 is 0 Å². The molecule has 2 aromatic rings. The van der Waals surface area contributed by atoms with Gasteiger partial charge in [0.2, 0.25) is 15.9 Å². The lowest BCUT2D eigenvalue weighted by Crippen LogP contribution is -2.32. The van der Waals surface area contributed by atoms with E-state index in [9.17, 15) is 13.2 Å². The molecule has 0 aromatic heterocycles. The van der Waals surface area contributed by atoms with E-state index in [1.54, 1.807) is 30.3 Å². The van der Waals surface area contributed by atoms with Gasteiger partial charge in [-0.05, 0) is 48.9 Å². The van der Waals surface area contributed by atoms with E-state index in [2.05, 4.69) is 26.0 Å². The van der Waals surface area contributed by atoms with Crippen molar-refractivity contribution in [3.8, 4) is 0 Å². The third-order valence-corrected chi connectivity index (χ3v) is 5.36. The van der Waals surface area contributed by atoms with E-state index in [0.29, 0.717) is 10.7 Å². The van der Waals surface area contributed by atoms with Gasteiger partial charge in [-0.15, -0.1) is 0 Å². The Kier molecular flexibility index (Phi) is 5.80. The molecule has 0 aliphatic heterocycles. The van der Waals surface area contributed by atoms with Gasteiger partial charge in [0.1, 0.15) is 0 Å². The summed E-state index contributed by atoms with van der Waals surface area (Å²) in [5.41, 5.74) is 1.40. The van der Waals surface area contributed by atoms with Crippen molar-refractivity contribution in [1.82, 2.24) is 4.72 Å². The first kappa shape index (κ1) is 17.9. The molecular formula is C15H14BrClN2O3S. The number of sulfonamides is 1. The molecule has 0 atom stereocenters. The molecular weight excluding hydrogens is 404 g/mol. The van der Waals surface area contributed by atoms with E-state index in [1.165, 1.54) is 12.1 Å². The van der Waals surface area contributed by atoms with Crippen molar-refractivity contribution in [3.05, 3.63) is 57.5 Å². The Morgan fingerprint density at radius 3 is 2.43 bits per heavy atom. The Balaban J connectivity index is 1.98. The molecule has 2 aromatic carbocycles. The Labute approximate surface area is 148 Å². The summed E-state index contributed by atoms with van der Waals surface area (Å²) in [5.74, 6) is -0.481. The second kappa shape index (κ2) is 7.44. The van der Waals surface area contributed by atoms with Gasteiger partial charge in [-0.2, -0.15) is 0 Å². The molecule has 0 radical (unpaired) electrons. The monoisotopic (exact) mass is 416 g/mol. The third kappa shape index (κ3) is 5.04. The first-order valence-corrected chi connectivity index (χ1v) is 9.24. The second-order valence-electron chi connectivity index (χ2n) is 4.79. The highest BCUT2D eigenvalue weighted by Crippen LogP contribution is 2.20. The Morgan fingerprint density at radius 2 is 1.83 bits per heavy atom. The summed E-state index contributed by atoms with van der Waals surface area (Å²) in [6, 6.07) is 11.2. The predicted molar refractivity (Wildman–Crippen MR) is 94.1 cm³/mol. The molecule has 122 valence electrons. The number of anilines is 1. The molecule has 8 heteroatoms. The molecule has 0 heterocycles. The third-order valence-electron chi connectivity index (χ3n) is 3.00. The van der Waals surface area contributed by atoms with E-state index >= 15 is 0 Å². The lowest BCUT2D eigenvalue weighted by Gasteiger charge is -2.09. The number of aryl methyl sites for hydroxylation is 1. The fraction of sp³-hybridized carbons (Fsp3) is 0.133.